The number of hydrogen-bond acceptors (Lipinski definition) is 1. The SMILES string of the molecule is CCCC(=O)NCc1c(C2C(C)=Cc3ccccc32)ccc2ccccc12. The van der Waals surface area contributed by atoms with E-state index in [0.29, 0.717) is 13.0 Å². The summed E-state index contributed by atoms with van der Waals surface area (Å²) in [5.74, 6) is 0.374. The fourth-order valence-corrected chi connectivity index (χ4v) is 4.21. The first-order valence-corrected chi connectivity index (χ1v) is 9.73. The van der Waals surface area contributed by atoms with Crippen LogP contribution in [-0.4, -0.2) is 5.91 Å². The highest BCUT2D eigenvalue weighted by Crippen LogP contribution is 2.43. The quantitative estimate of drug-likeness (QED) is 0.615. The van der Waals surface area contributed by atoms with E-state index in [4.69, 9.17) is 0 Å². The van der Waals surface area contributed by atoms with Gasteiger partial charge in [0.25, 0.3) is 0 Å². The van der Waals surface area contributed by atoms with E-state index in [1.54, 1.807) is 0 Å². The Labute approximate surface area is 160 Å². The van der Waals surface area contributed by atoms with E-state index in [9.17, 15) is 4.79 Å². The van der Waals surface area contributed by atoms with Gasteiger partial charge in [0.1, 0.15) is 0 Å². The number of amides is 1. The van der Waals surface area contributed by atoms with Crippen LogP contribution in [0.1, 0.15) is 54.9 Å². The van der Waals surface area contributed by atoms with Crippen LogP contribution in [0.4, 0.5) is 0 Å². The Morgan fingerprint density at radius 3 is 2.59 bits per heavy atom. The van der Waals surface area contributed by atoms with E-state index in [2.05, 4.69) is 79.0 Å². The van der Waals surface area contributed by atoms with Crippen molar-refractivity contribution in [1.82, 2.24) is 5.32 Å². The second-order valence-electron chi connectivity index (χ2n) is 7.33. The minimum Gasteiger partial charge on any atom is -0.352 e. The number of rotatable bonds is 5. The number of carbonyl (C=O) groups excluding carboxylic acids is 1. The highest BCUT2D eigenvalue weighted by molar-refractivity contribution is 5.88. The van der Waals surface area contributed by atoms with Crippen LogP contribution < -0.4 is 5.32 Å². The van der Waals surface area contributed by atoms with Gasteiger partial charge in [-0.1, -0.05) is 79.2 Å². The van der Waals surface area contributed by atoms with Gasteiger partial charge in [-0.15, -0.1) is 0 Å². The van der Waals surface area contributed by atoms with Gasteiger partial charge in [0.2, 0.25) is 5.91 Å². The van der Waals surface area contributed by atoms with Gasteiger partial charge in [0, 0.05) is 18.9 Å². The van der Waals surface area contributed by atoms with Crippen LogP contribution in [0.3, 0.4) is 0 Å². The Balaban J connectivity index is 1.82. The van der Waals surface area contributed by atoms with E-state index in [-0.39, 0.29) is 11.8 Å². The van der Waals surface area contributed by atoms with E-state index in [1.807, 2.05) is 6.92 Å². The summed E-state index contributed by atoms with van der Waals surface area (Å²) in [7, 11) is 0. The molecule has 2 heteroatoms. The van der Waals surface area contributed by atoms with Gasteiger partial charge >= 0.3 is 0 Å². The molecule has 0 heterocycles. The Bertz CT molecular complexity index is 1030. The third-order valence-corrected chi connectivity index (χ3v) is 5.47. The summed E-state index contributed by atoms with van der Waals surface area (Å²) in [5.41, 5.74) is 6.53. The number of nitrogens with one attached hydrogen (secondary N) is 1. The predicted octanol–water partition coefficient (Wildman–Crippen LogP) is 5.80. The van der Waals surface area contributed by atoms with Crippen molar-refractivity contribution in [2.45, 2.75) is 39.2 Å². The van der Waals surface area contributed by atoms with Gasteiger partial charge in [-0.05, 0) is 46.4 Å². The molecule has 0 spiro atoms. The van der Waals surface area contributed by atoms with Crippen molar-refractivity contribution in [2.75, 3.05) is 0 Å². The van der Waals surface area contributed by atoms with Crippen molar-refractivity contribution >= 4 is 22.8 Å². The zero-order valence-electron chi connectivity index (χ0n) is 16.0. The number of allylic oxidation sites excluding steroid dienone is 1. The third kappa shape index (κ3) is 3.28. The van der Waals surface area contributed by atoms with Crippen molar-refractivity contribution in [2.24, 2.45) is 0 Å². The van der Waals surface area contributed by atoms with Gasteiger partial charge in [0.15, 0.2) is 0 Å². The molecule has 0 fully saturated rings. The number of benzene rings is 3. The number of hydrogen-bond donors (Lipinski definition) is 1. The molecule has 0 aliphatic heterocycles. The van der Waals surface area contributed by atoms with E-state index < -0.39 is 0 Å². The van der Waals surface area contributed by atoms with Crippen molar-refractivity contribution < 1.29 is 4.79 Å². The second kappa shape index (κ2) is 7.40. The Morgan fingerprint density at radius 2 is 1.74 bits per heavy atom. The van der Waals surface area contributed by atoms with Crippen LogP contribution >= 0.6 is 0 Å². The minimum atomic E-state index is 0.121. The topological polar surface area (TPSA) is 29.1 Å². The smallest absolute Gasteiger partial charge is 0.220 e. The third-order valence-electron chi connectivity index (χ3n) is 5.47. The average molecular weight is 355 g/mol. The molecule has 1 aliphatic carbocycles. The summed E-state index contributed by atoms with van der Waals surface area (Å²) in [5, 5.41) is 5.58. The van der Waals surface area contributed by atoms with Gasteiger partial charge in [-0.25, -0.2) is 0 Å². The first kappa shape index (κ1) is 17.5. The van der Waals surface area contributed by atoms with Crippen molar-refractivity contribution in [3.63, 3.8) is 0 Å². The fraction of sp³-hybridized carbons (Fsp3) is 0.240. The molecule has 1 unspecified atom stereocenters. The van der Waals surface area contributed by atoms with Crippen LogP contribution in [0.5, 0.6) is 0 Å². The van der Waals surface area contributed by atoms with Crippen LogP contribution in [-0.2, 0) is 11.3 Å². The maximum absolute atomic E-state index is 12.1. The lowest BCUT2D eigenvalue weighted by molar-refractivity contribution is -0.121. The molecule has 1 atom stereocenters. The van der Waals surface area contributed by atoms with Crippen LogP contribution in [0.15, 0.2) is 66.2 Å². The predicted molar refractivity (Wildman–Crippen MR) is 113 cm³/mol. The summed E-state index contributed by atoms with van der Waals surface area (Å²) in [6, 6.07) is 21.5. The lowest BCUT2D eigenvalue weighted by Gasteiger charge is -2.21. The molecule has 136 valence electrons. The Kier molecular flexibility index (Phi) is 4.81. The first-order valence-electron chi connectivity index (χ1n) is 9.73. The molecular weight excluding hydrogens is 330 g/mol. The van der Waals surface area contributed by atoms with Crippen LogP contribution in [0.2, 0.25) is 0 Å². The second-order valence-corrected chi connectivity index (χ2v) is 7.33. The van der Waals surface area contributed by atoms with Crippen LogP contribution in [0.25, 0.3) is 16.8 Å². The van der Waals surface area contributed by atoms with Gasteiger partial charge in [0.05, 0.1) is 0 Å². The van der Waals surface area contributed by atoms with E-state index >= 15 is 0 Å². The highest BCUT2D eigenvalue weighted by Gasteiger charge is 2.26. The van der Waals surface area contributed by atoms with Crippen LogP contribution in [0, 0.1) is 0 Å². The molecule has 1 N–H and O–H groups in total. The molecule has 0 saturated carbocycles. The molecule has 0 aromatic heterocycles. The maximum atomic E-state index is 12.1. The number of fused-ring (bicyclic) bond motifs is 2. The summed E-state index contributed by atoms with van der Waals surface area (Å²) in [4.78, 5) is 12.1. The molecule has 27 heavy (non-hydrogen) atoms. The fourth-order valence-electron chi connectivity index (χ4n) is 4.21. The van der Waals surface area contributed by atoms with E-state index in [1.165, 1.54) is 38.6 Å². The zero-order chi connectivity index (χ0) is 18.8. The van der Waals surface area contributed by atoms with E-state index in [0.717, 1.165) is 6.42 Å². The monoisotopic (exact) mass is 355 g/mol. The molecule has 0 bridgehead atoms. The molecule has 0 radical (unpaired) electrons. The van der Waals surface area contributed by atoms with Gasteiger partial charge in [-0.3, -0.25) is 4.79 Å². The maximum Gasteiger partial charge on any atom is 0.220 e. The largest absolute Gasteiger partial charge is 0.352 e. The van der Waals surface area contributed by atoms with Gasteiger partial charge in [-0.2, -0.15) is 0 Å². The first-order chi connectivity index (χ1) is 13.2. The van der Waals surface area contributed by atoms with Crippen molar-refractivity contribution in [1.29, 1.82) is 0 Å². The van der Waals surface area contributed by atoms with Crippen molar-refractivity contribution in [3.05, 3.63) is 88.5 Å². The summed E-state index contributed by atoms with van der Waals surface area (Å²) in [6.07, 6.45) is 3.73. The molecule has 2 nitrogen and oxygen atoms in total. The minimum absolute atomic E-state index is 0.121. The Morgan fingerprint density at radius 1 is 0.963 bits per heavy atom. The molecule has 1 aliphatic rings. The highest BCUT2D eigenvalue weighted by atomic mass is 16.1. The lowest BCUT2D eigenvalue weighted by Crippen LogP contribution is -2.23. The molecule has 3 aromatic rings. The average Bonchev–Trinajstić information content (AvgIpc) is 3.02. The number of carbonyl (C=O) groups is 1. The molecule has 3 aromatic carbocycles. The molecular formula is C25H25NO. The summed E-state index contributed by atoms with van der Waals surface area (Å²) < 4.78 is 0. The molecule has 1 amide bonds. The molecule has 0 saturated heterocycles. The summed E-state index contributed by atoms with van der Waals surface area (Å²) >= 11 is 0. The standard InChI is InChI=1S/C25H25NO/c1-3-8-24(27)26-16-23-20-11-6-4-9-18(20)13-14-22(23)25-17(2)15-19-10-5-7-12-21(19)25/h4-7,9-15,25H,3,8,16H2,1-2H3,(H,26,27). The normalized spacial score (nSPS) is 15.5. The van der Waals surface area contributed by atoms with Crippen molar-refractivity contribution in [3.8, 4) is 0 Å². The van der Waals surface area contributed by atoms with Gasteiger partial charge < -0.3 is 5.32 Å². The summed E-state index contributed by atoms with van der Waals surface area (Å²) in [6.45, 7) is 4.81. The zero-order valence-corrected chi connectivity index (χ0v) is 16.0. The Hall–Kier alpha value is -2.87. The lowest BCUT2D eigenvalue weighted by atomic mass is 9.84. The molecule has 4 rings (SSSR count).